The number of piperidine rings is 1. The quantitative estimate of drug-likeness (QED) is 0.434. The summed E-state index contributed by atoms with van der Waals surface area (Å²) >= 11 is 12.2. The number of hydrogen-bond donors (Lipinski definition) is 1. The summed E-state index contributed by atoms with van der Waals surface area (Å²) in [6.07, 6.45) is 1.83. The summed E-state index contributed by atoms with van der Waals surface area (Å²) in [5, 5.41) is 11.3. The van der Waals surface area contributed by atoms with Crippen LogP contribution in [0.5, 0.6) is 17.2 Å². The maximum atomic E-state index is 10.4. The third-order valence-electron chi connectivity index (χ3n) is 6.08. The van der Waals surface area contributed by atoms with Gasteiger partial charge in [0.05, 0.1) is 17.2 Å². The van der Waals surface area contributed by atoms with Gasteiger partial charge in [0.15, 0.2) is 17.2 Å². The van der Waals surface area contributed by atoms with Gasteiger partial charge in [-0.05, 0) is 68.7 Å². The van der Waals surface area contributed by atoms with Crippen LogP contribution in [0.2, 0.25) is 10.0 Å². The van der Waals surface area contributed by atoms with Gasteiger partial charge in [-0.15, -0.1) is 0 Å². The Hall–Kier alpha value is -1.70. The fraction of sp³-hybridized carbons (Fsp3) is 0.538. The Labute approximate surface area is 213 Å². The second-order valence-electron chi connectivity index (χ2n) is 9.07. The van der Waals surface area contributed by atoms with Crippen LogP contribution in [0.25, 0.3) is 0 Å². The van der Waals surface area contributed by atoms with Crippen LogP contribution in [0, 0.1) is 5.92 Å². The molecule has 34 heavy (non-hydrogen) atoms. The first-order valence-corrected chi connectivity index (χ1v) is 12.6. The van der Waals surface area contributed by atoms with E-state index in [4.69, 9.17) is 37.4 Å². The molecule has 1 aliphatic heterocycles. The van der Waals surface area contributed by atoms with Crippen molar-refractivity contribution in [3.05, 3.63) is 52.0 Å². The van der Waals surface area contributed by atoms with Crippen molar-refractivity contribution in [1.82, 2.24) is 9.80 Å². The minimum Gasteiger partial charge on any atom is -0.493 e. The highest BCUT2D eigenvalue weighted by Gasteiger charge is 2.16. The summed E-state index contributed by atoms with van der Waals surface area (Å²) in [5.74, 6) is 2.69. The fourth-order valence-electron chi connectivity index (χ4n) is 4.09. The van der Waals surface area contributed by atoms with Gasteiger partial charge in [0, 0.05) is 19.6 Å². The summed E-state index contributed by atoms with van der Waals surface area (Å²) in [6, 6.07) is 11.1. The number of likely N-dealkylation sites (tertiary alicyclic amines) is 1. The number of rotatable bonds is 12. The van der Waals surface area contributed by atoms with Crippen molar-refractivity contribution >= 4 is 23.2 Å². The lowest BCUT2D eigenvalue weighted by atomic mass is 9.99. The molecule has 1 saturated heterocycles. The van der Waals surface area contributed by atoms with Crippen molar-refractivity contribution in [1.29, 1.82) is 0 Å². The van der Waals surface area contributed by atoms with Crippen molar-refractivity contribution in [2.75, 3.05) is 53.6 Å². The molecule has 1 fully saturated rings. The molecule has 0 bridgehead atoms. The minimum absolute atomic E-state index is 0.0970. The number of benzene rings is 2. The molecule has 0 aliphatic carbocycles. The Kier molecular flexibility index (Phi) is 10.6. The van der Waals surface area contributed by atoms with Crippen LogP contribution in [0.4, 0.5) is 0 Å². The molecular formula is C26H36Cl2N2O4. The van der Waals surface area contributed by atoms with E-state index in [-0.39, 0.29) is 6.61 Å². The van der Waals surface area contributed by atoms with Crippen LogP contribution < -0.4 is 14.2 Å². The minimum atomic E-state index is -0.695. The van der Waals surface area contributed by atoms with Gasteiger partial charge in [-0.1, -0.05) is 42.3 Å². The summed E-state index contributed by atoms with van der Waals surface area (Å²) in [4.78, 5) is 4.49. The number of hydrogen-bond acceptors (Lipinski definition) is 6. The molecule has 1 unspecified atom stereocenters. The molecule has 1 heterocycles. The van der Waals surface area contributed by atoms with Crippen molar-refractivity contribution < 1.29 is 19.3 Å². The van der Waals surface area contributed by atoms with Gasteiger partial charge in [-0.3, -0.25) is 9.80 Å². The molecule has 0 aromatic heterocycles. The Morgan fingerprint density at radius 1 is 1.09 bits per heavy atom. The number of para-hydroxylation sites is 1. The number of aliphatic hydroxyl groups excluding tert-OH is 1. The zero-order valence-electron chi connectivity index (χ0n) is 20.3. The predicted molar refractivity (Wildman–Crippen MR) is 138 cm³/mol. The second kappa shape index (κ2) is 13.4. The van der Waals surface area contributed by atoms with E-state index < -0.39 is 6.10 Å². The maximum Gasteiger partial charge on any atom is 0.161 e. The van der Waals surface area contributed by atoms with E-state index in [2.05, 4.69) is 11.8 Å². The van der Waals surface area contributed by atoms with Crippen molar-refractivity contribution in [2.45, 2.75) is 32.4 Å². The van der Waals surface area contributed by atoms with Gasteiger partial charge in [-0.25, -0.2) is 0 Å². The average Bonchev–Trinajstić information content (AvgIpc) is 2.80. The summed E-state index contributed by atoms with van der Waals surface area (Å²) in [6.45, 7) is 7.36. The van der Waals surface area contributed by atoms with Crippen LogP contribution in [0.1, 0.15) is 25.3 Å². The SMILES string of the molecule is COc1cc(CN(C)CC(O)COc2c(Cl)cccc2Cl)ccc1OCCN1CCC(C)CC1. The predicted octanol–water partition coefficient (Wildman–Crippen LogP) is 4.98. The van der Waals surface area contributed by atoms with E-state index in [9.17, 15) is 5.11 Å². The normalized spacial score (nSPS) is 16.0. The Morgan fingerprint density at radius 3 is 2.47 bits per heavy atom. The van der Waals surface area contributed by atoms with Crippen LogP contribution >= 0.6 is 23.2 Å². The molecule has 1 aliphatic rings. The van der Waals surface area contributed by atoms with E-state index in [0.29, 0.717) is 35.5 Å². The monoisotopic (exact) mass is 510 g/mol. The molecular weight excluding hydrogens is 475 g/mol. The summed E-state index contributed by atoms with van der Waals surface area (Å²) < 4.78 is 17.2. The van der Waals surface area contributed by atoms with Crippen LogP contribution in [-0.4, -0.2) is 74.6 Å². The van der Waals surface area contributed by atoms with Gasteiger partial charge in [0.1, 0.15) is 19.3 Å². The molecule has 188 valence electrons. The van der Waals surface area contributed by atoms with E-state index in [1.165, 1.54) is 12.8 Å². The second-order valence-corrected chi connectivity index (χ2v) is 9.88. The fourth-order valence-corrected chi connectivity index (χ4v) is 4.60. The van der Waals surface area contributed by atoms with E-state index in [0.717, 1.165) is 42.6 Å². The number of ether oxygens (including phenoxy) is 3. The van der Waals surface area contributed by atoms with Gasteiger partial charge < -0.3 is 19.3 Å². The molecule has 0 amide bonds. The zero-order chi connectivity index (χ0) is 24.5. The first-order chi connectivity index (χ1) is 16.4. The summed E-state index contributed by atoms with van der Waals surface area (Å²) in [5.41, 5.74) is 1.07. The highest BCUT2D eigenvalue weighted by molar-refractivity contribution is 6.37. The number of aliphatic hydroxyl groups is 1. The molecule has 3 rings (SSSR count). The lowest BCUT2D eigenvalue weighted by molar-refractivity contribution is 0.0744. The van der Waals surface area contributed by atoms with E-state index in [1.54, 1.807) is 25.3 Å². The molecule has 1 atom stereocenters. The van der Waals surface area contributed by atoms with Crippen molar-refractivity contribution in [3.63, 3.8) is 0 Å². The summed E-state index contributed by atoms with van der Waals surface area (Å²) in [7, 11) is 3.60. The van der Waals surface area contributed by atoms with Crippen LogP contribution in [0.15, 0.2) is 36.4 Å². The van der Waals surface area contributed by atoms with E-state index >= 15 is 0 Å². The molecule has 0 spiro atoms. The van der Waals surface area contributed by atoms with E-state index in [1.807, 2.05) is 30.1 Å². The highest BCUT2D eigenvalue weighted by Crippen LogP contribution is 2.32. The molecule has 2 aromatic carbocycles. The van der Waals surface area contributed by atoms with Gasteiger partial charge in [0.25, 0.3) is 0 Å². The number of nitrogens with zero attached hydrogens (tertiary/aromatic N) is 2. The molecule has 0 saturated carbocycles. The standard InChI is InChI=1S/C26H36Cl2N2O4/c1-19-9-11-30(12-10-19)13-14-33-24-8-7-20(15-25(24)32-3)16-29(2)17-21(31)18-34-26-22(27)5-4-6-23(26)28/h4-8,15,19,21,31H,9-14,16-18H2,1-3H3. The maximum absolute atomic E-state index is 10.4. The van der Waals surface area contributed by atoms with Crippen LogP contribution in [0.3, 0.4) is 0 Å². The Morgan fingerprint density at radius 2 is 1.79 bits per heavy atom. The van der Waals surface area contributed by atoms with Crippen molar-refractivity contribution in [2.24, 2.45) is 5.92 Å². The largest absolute Gasteiger partial charge is 0.493 e. The number of likely N-dealkylation sites (N-methyl/N-ethyl adjacent to an activating group) is 1. The third-order valence-corrected chi connectivity index (χ3v) is 6.68. The number of halogens is 2. The average molecular weight is 511 g/mol. The first kappa shape index (κ1) is 26.9. The molecule has 2 aromatic rings. The highest BCUT2D eigenvalue weighted by atomic mass is 35.5. The van der Waals surface area contributed by atoms with Crippen molar-refractivity contribution in [3.8, 4) is 17.2 Å². The lowest BCUT2D eigenvalue weighted by Gasteiger charge is -2.30. The van der Waals surface area contributed by atoms with Gasteiger partial charge in [-0.2, -0.15) is 0 Å². The lowest BCUT2D eigenvalue weighted by Crippen LogP contribution is -2.35. The molecule has 8 heteroatoms. The third kappa shape index (κ3) is 8.21. The zero-order valence-corrected chi connectivity index (χ0v) is 21.8. The topological polar surface area (TPSA) is 54.4 Å². The Bertz CT molecular complexity index is 886. The smallest absolute Gasteiger partial charge is 0.161 e. The van der Waals surface area contributed by atoms with Crippen LogP contribution in [-0.2, 0) is 6.54 Å². The number of methoxy groups -OCH3 is 1. The van der Waals surface area contributed by atoms with Gasteiger partial charge >= 0.3 is 0 Å². The molecule has 1 N–H and O–H groups in total. The first-order valence-electron chi connectivity index (χ1n) is 11.8. The van der Waals surface area contributed by atoms with Gasteiger partial charge in [0.2, 0.25) is 0 Å². The Balaban J connectivity index is 1.45. The molecule has 0 radical (unpaired) electrons. The molecule has 6 nitrogen and oxygen atoms in total.